The lowest BCUT2D eigenvalue weighted by molar-refractivity contribution is 0.309. The molecular weight excluding hydrogens is 206 g/mol. The Kier molecular flexibility index (Phi) is 4.46. The standard InChI is InChI=1S/C12H15NO3/c1-4-9-7-10(14-2)12(15-3)11(8-9)16-6-5-13/h7-8H,4,6H2,1-3H3. The van der Waals surface area contributed by atoms with Gasteiger partial charge in [-0.2, -0.15) is 5.26 Å². The minimum atomic E-state index is -0.00726. The van der Waals surface area contributed by atoms with Gasteiger partial charge in [0.15, 0.2) is 18.1 Å². The molecule has 1 aromatic rings. The van der Waals surface area contributed by atoms with Crippen molar-refractivity contribution in [2.45, 2.75) is 13.3 Å². The van der Waals surface area contributed by atoms with Crippen molar-refractivity contribution in [2.24, 2.45) is 0 Å². The van der Waals surface area contributed by atoms with Crippen molar-refractivity contribution in [2.75, 3.05) is 20.8 Å². The van der Waals surface area contributed by atoms with E-state index in [1.807, 2.05) is 25.1 Å². The molecule has 1 rings (SSSR count). The zero-order chi connectivity index (χ0) is 12.0. The van der Waals surface area contributed by atoms with Gasteiger partial charge in [-0.05, 0) is 24.1 Å². The molecule has 86 valence electrons. The van der Waals surface area contributed by atoms with Crippen LogP contribution in [0.5, 0.6) is 17.2 Å². The van der Waals surface area contributed by atoms with Gasteiger partial charge in [0.25, 0.3) is 0 Å². The first-order valence-corrected chi connectivity index (χ1v) is 5.01. The molecule has 0 saturated heterocycles. The quantitative estimate of drug-likeness (QED) is 0.764. The lowest BCUT2D eigenvalue weighted by atomic mass is 10.1. The van der Waals surface area contributed by atoms with Crippen LogP contribution in [0.4, 0.5) is 0 Å². The molecule has 0 heterocycles. The number of methoxy groups -OCH3 is 2. The van der Waals surface area contributed by atoms with E-state index in [1.165, 1.54) is 0 Å². The second-order valence-corrected chi connectivity index (χ2v) is 3.13. The molecule has 0 aliphatic carbocycles. The molecule has 4 nitrogen and oxygen atoms in total. The fourth-order valence-corrected chi connectivity index (χ4v) is 1.41. The van der Waals surface area contributed by atoms with Gasteiger partial charge in [-0.3, -0.25) is 0 Å². The van der Waals surface area contributed by atoms with Gasteiger partial charge >= 0.3 is 0 Å². The Balaban J connectivity index is 3.15. The van der Waals surface area contributed by atoms with Crippen molar-refractivity contribution < 1.29 is 14.2 Å². The van der Waals surface area contributed by atoms with Crippen molar-refractivity contribution in [3.8, 4) is 23.3 Å². The van der Waals surface area contributed by atoms with Crippen LogP contribution in [-0.2, 0) is 6.42 Å². The summed E-state index contributed by atoms with van der Waals surface area (Å²) in [5.74, 6) is 1.69. The molecular formula is C12H15NO3. The zero-order valence-corrected chi connectivity index (χ0v) is 9.74. The van der Waals surface area contributed by atoms with Gasteiger partial charge in [0.05, 0.1) is 14.2 Å². The highest BCUT2D eigenvalue weighted by molar-refractivity contribution is 5.53. The molecule has 0 unspecified atom stereocenters. The first-order valence-electron chi connectivity index (χ1n) is 5.01. The molecule has 0 fully saturated rings. The van der Waals surface area contributed by atoms with E-state index in [0.29, 0.717) is 17.2 Å². The number of hydrogen-bond acceptors (Lipinski definition) is 4. The predicted octanol–water partition coefficient (Wildman–Crippen LogP) is 2.17. The van der Waals surface area contributed by atoms with E-state index in [0.717, 1.165) is 12.0 Å². The Hall–Kier alpha value is -1.89. The van der Waals surface area contributed by atoms with Gasteiger partial charge in [-0.1, -0.05) is 6.92 Å². The summed E-state index contributed by atoms with van der Waals surface area (Å²) >= 11 is 0. The Labute approximate surface area is 95.4 Å². The fourth-order valence-electron chi connectivity index (χ4n) is 1.41. The van der Waals surface area contributed by atoms with Crippen molar-refractivity contribution in [1.29, 1.82) is 5.26 Å². The predicted molar refractivity (Wildman–Crippen MR) is 60.0 cm³/mol. The molecule has 0 radical (unpaired) electrons. The van der Waals surface area contributed by atoms with Crippen LogP contribution in [0.1, 0.15) is 12.5 Å². The summed E-state index contributed by atoms with van der Waals surface area (Å²) in [5, 5.41) is 8.50. The van der Waals surface area contributed by atoms with Gasteiger partial charge in [-0.15, -0.1) is 0 Å². The van der Waals surface area contributed by atoms with E-state index >= 15 is 0 Å². The van der Waals surface area contributed by atoms with Crippen molar-refractivity contribution in [1.82, 2.24) is 0 Å². The normalized spacial score (nSPS) is 9.38. The van der Waals surface area contributed by atoms with E-state index in [4.69, 9.17) is 19.5 Å². The smallest absolute Gasteiger partial charge is 0.203 e. The summed E-state index contributed by atoms with van der Waals surface area (Å²) < 4.78 is 15.7. The number of hydrogen-bond donors (Lipinski definition) is 0. The van der Waals surface area contributed by atoms with Crippen LogP contribution in [-0.4, -0.2) is 20.8 Å². The number of aryl methyl sites for hydroxylation is 1. The largest absolute Gasteiger partial charge is 0.493 e. The molecule has 0 aliphatic rings. The maximum absolute atomic E-state index is 8.50. The Bertz CT molecular complexity index is 396. The van der Waals surface area contributed by atoms with Gasteiger partial charge < -0.3 is 14.2 Å². The summed E-state index contributed by atoms with van der Waals surface area (Å²) in [6.07, 6.45) is 0.864. The van der Waals surface area contributed by atoms with E-state index in [-0.39, 0.29) is 6.61 Å². The third kappa shape index (κ3) is 2.57. The number of benzene rings is 1. The summed E-state index contributed by atoms with van der Waals surface area (Å²) in [6, 6.07) is 5.68. The number of rotatable bonds is 5. The van der Waals surface area contributed by atoms with E-state index in [2.05, 4.69) is 0 Å². The average Bonchev–Trinajstić information content (AvgIpc) is 2.34. The minimum Gasteiger partial charge on any atom is -0.493 e. The minimum absolute atomic E-state index is 0.00726. The second-order valence-electron chi connectivity index (χ2n) is 3.13. The molecule has 1 aromatic carbocycles. The Morgan fingerprint density at radius 1 is 1.19 bits per heavy atom. The third-order valence-electron chi connectivity index (χ3n) is 2.21. The lowest BCUT2D eigenvalue weighted by Gasteiger charge is -2.13. The molecule has 16 heavy (non-hydrogen) atoms. The monoisotopic (exact) mass is 221 g/mol. The summed E-state index contributed by atoms with van der Waals surface area (Å²) in [5.41, 5.74) is 1.07. The number of nitriles is 1. The number of nitrogens with zero attached hydrogens (tertiary/aromatic N) is 1. The summed E-state index contributed by atoms with van der Waals surface area (Å²) in [4.78, 5) is 0. The van der Waals surface area contributed by atoms with Gasteiger partial charge in [0.1, 0.15) is 6.07 Å². The van der Waals surface area contributed by atoms with E-state index in [1.54, 1.807) is 14.2 Å². The molecule has 0 atom stereocenters. The van der Waals surface area contributed by atoms with Crippen LogP contribution in [0.15, 0.2) is 12.1 Å². The van der Waals surface area contributed by atoms with Crippen LogP contribution in [0.2, 0.25) is 0 Å². The Morgan fingerprint density at radius 3 is 2.38 bits per heavy atom. The molecule has 0 bridgehead atoms. The first-order chi connectivity index (χ1) is 7.76. The lowest BCUT2D eigenvalue weighted by Crippen LogP contribution is -2.00. The summed E-state index contributed by atoms with van der Waals surface area (Å²) in [6.45, 7) is 2.03. The molecule has 0 amide bonds. The van der Waals surface area contributed by atoms with Crippen LogP contribution < -0.4 is 14.2 Å². The van der Waals surface area contributed by atoms with Crippen molar-refractivity contribution in [3.63, 3.8) is 0 Å². The third-order valence-corrected chi connectivity index (χ3v) is 2.21. The maximum Gasteiger partial charge on any atom is 0.203 e. The zero-order valence-electron chi connectivity index (χ0n) is 9.74. The number of ether oxygens (including phenoxy) is 3. The van der Waals surface area contributed by atoms with Gasteiger partial charge in [-0.25, -0.2) is 0 Å². The average molecular weight is 221 g/mol. The van der Waals surface area contributed by atoms with Crippen LogP contribution in [0, 0.1) is 11.3 Å². The fraction of sp³-hybridized carbons (Fsp3) is 0.417. The van der Waals surface area contributed by atoms with Crippen LogP contribution >= 0.6 is 0 Å². The molecule has 0 spiro atoms. The maximum atomic E-state index is 8.50. The van der Waals surface area contributed by atoms with Crippen molar-refractivity contribution in [3.05, 3.63) is 17.7 Å². The van der Waals surface area contributed by atoms with Gasteiger partial charge in [0, 0.05) is 0 Å². The topological polar surface area (TPSA) is 51.5 Å². The highest BCUT2D eigenvalue weighted by Gasteiger charge is 2.12. The van der Waals surface area contributed by atoms with Gasteiger partial charge in [0.2, 0.25) is 5.75 Å². The molecule has 0 N–H and O–H groups in total. The molecule has 0 aromatic heterocycles. The van der Waals surface area contributed by atoms with E-state index in [9.17, 15) is 0 Å². The van der Waals surface area contributed by atoms with E-state index < -0.39 is 0 Å². The molecule has 4 heteroatoms. The first kappa shape index (κ1) is 12.2. The SMILES string of the molecule is CCc1cc(OC)c(OC)c(OCC#N)c1. The molecule has 0 saturated carbocycles. The van der Waals surface area contributed by atoms with Crippen LogP contribution in [0.25, 0.3) is 0 Å². The van der Waals surface area contributed by atoms with Crippen molar-refractivity contribution >= 4 is 0 Å². The summed E-state index contributed by atoms with van der Waals surface area (Å²) in [7, 11) is 3.12. The highest BCUT2D eigenvalue weighted by Crippen LogP contribution is 2.38. The second kappa shape index (κ2) is 5.86. The Morgan fingerprint density at radius 2 is 1.88 bits per heavy atom. The molecule has 0 aliphatic heterocycles. The van der Waals surface area contributed by atoms with Crippen LogP contribution in [0.3, 0.4) is 0 Å². The highest BCUT2D eigenvalue weighted by atomic mass is 16.5.